The Labute approximate surface area is 144 Å². The Bertz CT molecular complexity index is 621. The van der Waals surface area contributed by atoms with Gasteiger partial charge in [-0.05, 0) is 66.9 Å². The van der Waals surface area contributed by atoms with E-state index in [9.17, 15) is 9.90 Å². The van der Waals surface area contributed by atoms with Crippen molar-refractivity contribution < 1.29 is 9.90 Å². The molecule has 2 nitrogen and oxygen atoms in total. The van der Waals surface area contributed by atoms with Crippen LogP contribution >= 0.6 is 11.6 Å². The minimum atomic E-state index is -0.301. The molecule has 1 N–H and O–H groups in total. The summed E-state index contributed by atoms with van der Waals surface area (Å²) < 4.78 is 0. The molecule has 0 heterocycles. The predicted octanol–water partition coefficient (Wildman–Crippen LogP) is 4.47. The highest BCUT2D eigenvalue weighted by atomic mass is 35.5. The van der Waals surface area contributed by atoms with Crippen molar-refractivity contribution in [1.82, 2.24) is 0 Å². The van der Waals surface area contributed by atoms with E-state index in [1.807, 2.05) is 6.08 Å². The molecule has 0 aromatic carbocycles. The lowest BCUT2D eigenvalue weighted by atomic mass is 9.47. The van der Waals surface area contributed by atoms with Gasteiger partial charge in [0.25, 0.3) is 0 Å². The van der Waals surface area contributed by atoms with Gasteiger partial charge in [0.15, 0.2) is 5.78 Å². The van der Waals surface area contributed by atoms with Crippen molar-refractivity contribution >= 4 is 17.4 Å². The Balaban J connectivity index is 1.78. The monoisotopic (exact) mass is 334 g/mol. The van der Waals surface area contributed by atoms with Gasteiger partial charge in [-0.15, -0.1) is 0 Å². The summed E-state index contributed by atoms with van der Waals surface area (Å²) in [5.41, 5.74) is 1.10. The molecule has 126 valence electrons. The van der Waals surface area contributed by atoms with E-state index in [-0.39, 0.29) is 28.6 Å². The molecule has 0 aromatic heterocycles. The SMILES string of the molecule is C[C@@H]1CC[C@H]2[C@@H]3CCC4=C(Cl)C(=O)C=C[C@]4(C)[C@H]3[C@@H](O)C[C@]12C. The molecule has 0 saturated heterocycles. The third kappa shape index (κ3) is 1.94. The van der Waals surface area contributed by atoms with Gasteiger partial charge in [-0.2, -0.15) is 0 Å². The molecule has 23 heavy (non-hydrogen) atoms. The van der Waals surface area contributed by atoms with Gasteiger partial charge in [-0.3, -0.25) is 4.79 Å². The molecule has 3 saturated carbocycles. The van der Waals surface area contributed by atoms with E-state index in [1.54, 1.807) is 6.08 Å². The molecule has 4 aliphatic carbocycles. The van der Waals surface area contributed by atoms with E-state index in [2.05, 4.69) is 20.8 Å². The first-order chi connectivity index (χ1) is 10.8. The smallest absolute Gasteiger partial charge is 0.196 e. The Morgan fingerprint density at radius 2 is 2.00 bits per heavy atom. The van der Waals surface area contributed by atoms with Crippen molar-refractivity contribution in [3.8, 4) is 0 Å². The summed E-state index contributed by atoms with van der Waals surface area (Å²) >= 11 is 6.37. The molecule has 0 bridgehead atoms. The Kier molecular flexibility index (Phi) is 3.42. The van der Waals surface area contributed by atoms with E-state index in [0.29, 0.717) is 22.8 Å². The molecule has 0 unspecified atom stereocenters. The minimum Gasteiger partial charge on any atom is -0.393 e. The number of hydrogen-bond acceptors (Lipinski definition) is 2. The van der Waals surface area contributed by atoms with Gasteiger partial charge in [-0.1, -0.05) is 38.4 Å². The number of carbonyl (C=O) groups excluding carboxylic acids is 1. The average Bonchev–Trinajstić information content (AvgIpc) is 2.78. The molecule has 0 radical (unpaired) electrons. The average molecular weight is 335 g/mol. The Morgan fingerprint density at radius 3 is 2.74 bits per heavy atom. The third-order valence-electron chi connectivity index (χ3n) is 8.06. The molecule has 3 fully saturated rings. The van der Waals surface area contributed by atoms with Crippen LogP contribution < -0.4 is 0 Å². The fourth-order valence-corrected chi connectivity index (χ4v) is 7.02. The molecule has 4 rings (SSSR count). The summed E-state index contributed by atoms with van der Waals surface area (Å²) in [7, 11) is 0. The molecule has 0 spiro atoms. The van der Waals surface area contributed by atoms with Gasteiger partial charge >= 0.3 is 0 Å². The van der Waals surface area contributed by atoms with E-state index < -0.39 is 0 Å². The normalized spacial score (nSPS) is 52.2. The zero-order valence-corrected chi connectivity index (χ0v) is 15.1. The Morgan fingerprint density at radius 1 is 1.26 bits per heavy atom. The van der Waals surface area contributed by atoms with Crippen molar-refractivity contribution in [3.05, 3.63) is 22.8 Å². The van der Waals surface area contributed by atoms with Crippen LogP contribution in [0.3, 0.4) is 0 Å². The van der Waals surface area contributed by atoms with E-state index in [0.717, 1.165) is 24.8 Å². The lowest BCUT2D eigenvalue weighted by Crippen LogP contribution is -2.55. The van der Waals surface area contributed by atoms with Crippen LogP contribution in [0.25, 0.3) is 0 Å². The van der Waals surface area contributed by atoms with Crippen molar-refractivity contribution in [2.24, 2.45) is 34.5 Å². The zero-order chi connectivity index (χ0) is 16.6. The molecule has 4 aliphatic rings. The number of hydrogen-bond donors (Lipinski definition) is 1. The number of rotatable bonds is 0. The second kappa shape index (κ2) is 4.95. The maximum Gasteiger partial charge on any atom is 0.196 e. The number of carbonyl (C=O) groups is 1. The van der Waals surface area contributed by atoms with Gasteiger partial charge in [0.05, 0.1) is 11.1 Å². The number of fused-ring (bicyclic) bond motifs is 5. The topological polar surface area (TPSA) is 37.3 Å². The van der Waals surface area contributed by atoms with Crippen molar-refractivity contribution in [2.75, 3.05) is 0 Å². The summed E-state index contributed by atoms with van der Waals surface area (Å²) in [5, 5.41) is 11.5. The molecular weight excluding hydrogens is 308 g/mol. The quantitative estimate of drug-likeness (QED) is 0.709. The first-order valence-electron chi connectivity index (χ1n) is 9.10. The standard InChI is InChI=1S/C20H27ClO2/c1-11-4-6-13-12-5-7-14-18(21)15(22)8-9-19(14,2)17(12)16(23)10-20(11,13)3/h8-9,11-13,16-17,23H,4-7,10H2,1-3H3/t11-,12+,13+,16+,17-,19+,20-/m1/s1. The summed E-state index contributed by atoms with van der Waals surface area (Å²) in [6.07, 6.45) is 8.80. The highest BCUT2D eigenvalue weighted by Crippen LogP contribution is 2.66. The van der Waals surface area contributed by atoms with Crippen molar-refractivity contribution in [2.45, 2.75) is 59.0 Å². The second-order valence-corrected chi connectivity index (χ2v) is 9.24. The van der Waals surface area contributed by atoms with Crippen LogP contribution in [-0.2, 0) is 4.79 Å². The summed E-state index contributed by atoms with van der Waals surface area (Å²) in [6, 6.07) is 0. The Hall–Kier alpha value is -0.600. The molecule has 0 aromatic rings. The highest BCUT2D eigenvalue weighted by molar-refractivity contribution is 6.45. The van der Waals surface area contributed by atoms with Gasteiger partial charge in [-0.25, -0.2) is 0 Å². The van der Waals surface area contributed by atoms with Crippen molar-refractivity contribution in [3.63, 3.8) is 0 Å². The number of halogens is 1. The van der Waals surface area contributed by atoms with E-state index in [4.69, 9.17) is 11.6 Å². The van der Waals surface area contributed by atoms with Gasteiger partial charge < -0.3 is 5.11 Å². The van der Waals surface area contributed by atoms with E-state index in [1.165, 1.54) is 12.8 Å². The van der Waals surface area contributed by atoms with Crippen LogP contribution in [0.4, 0.5) is 0 Å². The fourth-order valence-electron chi connectivity index (χ4n) is 6.66. The number of allylic oxidation sites excluding steroid dienone is 4. The largest absolute Gasteiger partial charge is 0.393 e. The van der Waals surface area contributed by atoms with Crippen LogP contribution in [0.2, 0.25) is 0 Å². The summed E-state index contributed by atoms with van der Waals surface area (Å²) in [5.74, 6) is 2.08. The molecular formula is C20H27ClO2. The maximum absolute atomic E-state index is 12.0. The predicted molar refractivity (Wildman–Crippen MR) is 92.0 cm³/mol. The third-order valence-corrected chi connectivity index (χ3v) is 8.47. The number of aliphatic hydroxyl groups is 1. The molecule has 0 aliphatic heterocycles. The molecule has 3 heteroatoms. The fraction of sp³-hybridized carbons (Fsp3) is 0.750. The van der Waals surface area contributed by atoms with Crippen LogP contribution in [0.1, 0.15) is 52.9 Å². The minimum absolute atomic E-state index is 0.0674. The van der Waals surface area contributed by atoms with Crippen molar-refractivity contribution in [1.29, 1.82) is 0 Å². The van der Waals surface area contributed by atoms with Crippen LogP contribution in [0, 0.1) is 34.5 Å². The van der Waals surface area contributed by atoms with Crippen LogP contribution in [-0.4, -0.2) is 17.0 Å². The second-order valence-electron chi connectivity index (χ2n) is 8.86. The summed E-state index contributed by atoms with van der Waals surface area (Å²) in [6.45, 7) is 6.95. The number of ketones is 1. The molecule has 0 amide bonds. The van der Waals surface area contributed by atoms with E-state index >= 15 is 0 Å². The zero-order valence-electron chi connectivity index (χ0n) is 14.3. The number of aliphatic hydroxyl groups excluding tert-OH is 1. The van der Waals surface area contributed by atoms with Gasteiger partial charge in [0.2, 0.25) is 0 Å². The highest BCUT2D eigenvalue weighted by Gasteiger charge is 2.61. The van der Waals surface area contributed by atoms with Crippen LogP contribution in [0.15, 0.2) is 22.8 Å². The van der Waals surface area contributed by atoms with Gasteiger partial charge in [0, 0.05) is 11.3 Å². The first-order valence-corrected chi connectivity index (χ1v) is 9.47. The van der Waals surface area contributed by atoms with Gasteiger partial charge in [0.1, 0.15) is 0 Å². The summed E-state index contributed by atoms with van der Waals surface area (Å²) in [4.78, 5) is 12.0. The van der Waals surface area contributed by atoms with Crippen LogP contribution in [0.5, 0.6) is 0 Å². The first kappa shape index (κ1) is 15.9. The molecule has 7 atom stereocenters. The lowest BCUT2D eigenvalue weighted by molar-refractivity contribution is -0.117. The maximum atomic E-state index is 12.0. The lowest BCUT2D eigenvalue weighted by Gasteiger charge is -2.58.